The first-order valence-corrected chi connectivity index (χ1v) is 6.26. The zero-order valence-electron chi connectivity index (χ0n) is 9.05. The monoisotopic (exact) mass is 235 g/mol. The maximum Gasteiger partial charge on any atom is 0.140 e. The summed E-state index contributed by atoms with van der Waals surface area (Å²) in [5.41, 5.74) is 0. The van der Waals surface area contributed by atoms with Gasteiger partial charge in [-0.15, -0.1) is 11.3 Å². The summed E-state index contributed by atoms with van der Waals surface area (Å²) < 4.78 is 0. The number of hydrogen-bond acceptors (Lipinski definition) is 5. The van der Waals surface area contributed by atoms with Gasteiger partial charge < -0.3 is 10.0 Å². The Balaban J connectivity index is 2.06. The molecule has 0 aromatic carbocycles. The average Bonchev–Trinajstić information content (AvgIpc) is 2.67. The lowest BCUT2D eigenvalue weighted by Crippen LogP contribution is -2.51. The summed E-state index contributed by atoms with van der Waals surface area (Å²) in [6.45, 7) is 3.51. The summed E-state index contributed by atoms with van der Waals surface area (Å²) in [6, 6.07) is 2.17. The minimum atomic E-state index is -0.200. The van der Waals surface area contributed by atoms with E-state index in [2.05, 4.69) is 27.9 Å². The Morgan fingerprint density at radius 2 is 2.31 bits per heavy atom. The molecule has 1 saturated heterocycles. The van der Waals surface area contributed by atoms with Crippen molar-refractivity contribution in [2.45, 2.75) is 19.4 Å². The molecule has 4 nitrogen and oxygen atoms in total. The normalized spacial score (nSPS) is 16.8. The molecular formula is C11H13N3OS. The fraction of sp³-hybridized carbons (Fsp3) is 0.455. The molecule has 5 heteroatoms. The predicted molar refractivity (Wildman–Crippen MR) is 65.0 cm³/mol. The van der Waals surface area contributed by atoms with Crippen LogP contribution in [0.4, 0.5) is 5.82 Å². The highest BCUT2D eigenvalue weighted by molar-refractivity contribution is 7.18. The summed E-state index contributed by atoms with van der Waals surface area (Å²) in [6.07, 6.45) is 2.44. The summed E-state index contributed by atoms with van der Waals surface area (Å²) in [4.78, 5) is 13.1. The van der Waals surface area contributed by atoms with Gasteiger partial charge in [0.2, 0.25) is 0 Å². The van der Waals surface area contributed by atoms with Crippen molar-refractivity contribution >= 4 is 27.4 Å². The zero-order chi connectivity index (χ0) is 11.1. The van der Waals surface area contributed by atoms with Crippen LogP contribution in [-0.4, -0.2) is 34.3 Å². The third-order valence-electron chi connectivity index (χ3n) is 2.87. The van der Waals surface area contributed by atoms with Crippen molar-refractivity contribution in [2.24, 2.45) is 0 Å². The molecule has 1 N–H and O–H groups in total. The van der Waals surface area contributed by atoms with E-state index in [0.717, 1.165) is 22.5 Å². The largest absolute Gasteiger partial charge is 0.389 e. The van der Waals surface area contributed by atoms with E-state index in [4.69, 9.17) is 0 Å². The van der Waals surface area contributed by atoms with Crippen molar-refractivity contribution < 1.29 is 5.11 Å². The van der Waals surface area contributed by atoms with Gasteiger partial charge in [-0.2, -0.15) is 0 Å². The minimum Gasteiger partial charge on any atom is -0.389 e. The van der Waals surface area contributed by atoms with Crippen LogP contribution < -0.4 is 4.90 Å². The van der Waals surface area contributed by atoms with Crippen molar-refractivity contribution in [1.29, 1.82) is 0 Å². The molecule has 0 radical (unpaired) electrons. The van der Waals surface area contributed by atoms with Gasteiger partial charge >= 0.3 is 0 Å². The summed E-state index contributed by atoms with van der Waals surface area (Å²) in [5, 5.41) is 10.4. The Kier molecular flexibility index (Phi) is 2.29. The second-order valence-corrected chi connectivity index (χ2v) is 5.16. The summed E-state index contributed by atoms with van der Waals surface area (Å²) in [5.74, 6) is 0.964. The van der Waals surface area contributed by atoms with Gasteiger partial charge in [-0.25, -0.2) is 9.97 Å². The van der Waals surface area contributed by atoms with Crippen LogP contribution in [-0.2, 0) is 6.42 Å². The van der Waals surface area contributed by atoms with Crippen LogP contribution in [0.2, 0.25) is 0 Å². The van der Waals surface area contributed by atoms with Crippen LogP contribution in [0.25, 0.3) is 10.2 Å². The van der Waals surface area contributed by atoms with Gasteiger partial charge in [0.25, 0.3) is 0 Å². The van der Waals surface area contributed by atoms with E-state index in [-0.39, 0.29) is 6.10 Å². The topological polar surface area (TPSA) is 49.2 Å². The summed E-state index contributed by atoms with van der Waals surface area (Å²) >= 11 is 1.72. The van der Waals surface area contributed by atoms with Gasteiger partial charge in [-0.05, 0) is 12.5 Å². The third kappa shape index (κ3) is 1.47. The van der Waals surface area contributed by atoms with Crippen LogP contribution >= 0.6 is 11.3 Å². The van der Waals surface area contributed by atoms with Crippen molar-refractivity contribution in [2.75, 3.05) is 18.0 Å². The lowest BCUT2D eigenvalue weighted by Gasteiger charge is -2.36. The maximum atomic E-state index is 9.32. The molecule has 3 rings (SSSR count). The van der Waals surface area contributed by atoms with Gasteiger partial charge in [0.05, 0.1) is 11.5 Å². The van der Waals surface area contributed by atoms with Crippen LogP contribution in [0.15, 0.2) is 12.4 Å². The van der Waals surface area contributed by atoms with Crippen molar-refractivity contribution in [3.63, 3.8) is 0 Å². The SMILES string of the molecule is CCc1cc2c(N3CC(O)C3)ncnc2s1. The lowest BCUT2D eigenvalue weighted by molar-refractivity contribution is 0.141. The molecule has 3 heterocycles. The van der Waals surface area contributed by atoms with E-state index in [0.29, 0.717) is 13.1 Å². The van der Waals surface area contributed by atoms with Gasteiger partial charge in [-0.1, -0.05) is 6.92 Å². The van der Waals surface area contributed by atoms with Crippen molar-refractivity contribution in [3.05, 3.63) is 17.3 Å². The van der Waals surface area contributed by atoms with E-state index in [1.807, 2.05) is 0 Å². The van der Waals surface area contributed by atoms with Crippen LogP contribution in [0.1, 0.15) is 11.8 Å². The predicted octanol–water partition coefficient (Wildman–Crippen LogP) is 1.43. The van der Waals surface area contributed by atoms with E-state index < -0.39 is 0 Å². The number of anilines is 1. The van der Waals surface area contributed by atoms with Gasteiger partial charge in [0.1, 0.15) is 17.0 Å². The first kappa shape index (κ1) is 9.99. The molecule has 2 aromatic heterocycles. The minimum absolute atomic E-state index is 0.200. The number of aliphatic hydroxyl groups is 1. The number of β-amino-alcohol motifs (C(OH)–C–C–N with tert-alkyl or cyclic N) is 1. The molecule has 0 saturated carbocycles. The standard InChI is InChI=1S/C11H13N3OS/c1-2-8-3-9-10(14-4-7(15)5-14)12-6-13-11(9)16-8/h3,6-7,15H,2,4-5H2,1H3. The smallest absolute Gasteiger partial charge is 0.140 e. The highest BCUT2D eigenvalue weighted by Crippen LogP contribution is 2.32. The molecular weight excluding hydrogens is 222 g/mol. The second-order valence-electron chi connectivity index (χ2n) is 4.04. The number of fused-ring (bicyclic) bond motifs is 1. The number of hydrogen-bond donors (Lipinski definition) is 1. The molecule has 16 heavy (non-hydrogen) atoms. The third-order valence-corrected chi connectivity index (χ3v) is 4.06. The quantitative estimate of drug-likeness (QED) is 0.855. The van der Waals surface area contributed by atoms with E-state index in [1.165, 1.54) is 4.88 Å². The van der Waals surface area contributed by atoms with Gasteiger partial charge in [-0.3, -0.25) is 0 Å². The second kappa shape index (κ2) is 3.68. The summed E-state index contributed by atoms with van der Waals surface area (Å²) in [7, 11) is 0. The number of rotatable bonds is 2. The first-order valence-electron chi connectivity index (χ1n) is 5.44. The van der Waals surface area contributed by atoms with Crippen LogP contribution in [0, 0.1) is 0 Å². The molecule has 0 aliphatic carbocycles. The van der Waals surface area contributed by atoms with Crippen molar-refractivity contribution in [3.8, 4) is 0 Å². The highest BCUT2D eigenvalue weighted by Gasteiger charge is 2.27. The number of aryl methyl sites for hydroxylation is 1. The number of nitrogens with zero attached hydrogens (tertiary/aromatic N) is 3. The molecule has 1 aliphatic rings. The highest BCUT2D eigenvalue weighted by atomic mass is 32.1. The average molecular weight is 235 g/mol. The molecule has 0 atom stereocenters. The number of aliphatic hydroxyl groups excluding tert-OH is 1. The van der Waals surface area contributed by atoms with Crippen LogP contribution in [0.5, 0.6) is 0 Å². The number of thiophene rings is 1. The molecule has 84 valence electrons. The molecule has 0 bridgehead atoms. The Morgan fingerprint density at radius 1 is 1.50 bits per heavy atom. The molecule has 0 spiro atoms. The van der Waals surface area contributed by atoms with Crippen LogP contribution in [0.3, 0.4) is 0 Å². The zero-order valence-corrected chi connectivity index (χ0v) is 9.87. The Bertz CT molecular complexity index is 519. The molecule has 1 aliphatic heterocycles. The fourth-order valence-electron chi connectivity index (χ4n) is 1.95. The lowest BCUT2D eigenvalue weighted by atomic mass is 10.1. The van der Waals surface area contributed by atoms with Gasteiger partial charge in [0.15, 0.2) is 0 Å². The Hall–Kier alpha value is -1.20. The molecule has 1 fully saturated rings. The Labute approximate surface area is 97.6 Å². The van der Waals surface area contributed by atoms with Crippen molar-refractivity contribution in [1.82, 2.24) is 9.97 Å². The molecule has 0 unspecified atom stereocenters. The maximum absolute atomic E-state index is 9.32. The van der Waals surface area contributed by atoms with E-state index in [9.17, 15) is 5.11 Å². The fourth-order valence-corrected chi connectivity index (χ4v) is 2.88. The van der Waals surface area contributed by atoms with Gasteiger partial charge in [0, 0.05) is 18.0 Å². The first-order chi connectivity index (χ1) is 7.78. The molecule has 2 aromatic rings. The van der Waals surface area contributed by atoms with E-state index >= 15 is 0 Å². The number of aromatic nitrogens is 2. The Morgan fingerprint density at radius 3 is 3.00 bits per heavy atom. The molecule has 0 amide bonds. The van der Waals surface area contributed by atoms with E-state index in [1.54, 1.807) is 17.7 Å².